The Morgan fingerprint density at radius 2 is 1.76 bits per heavy atom. The number of aliphatic imine (C=N–C) groups is 1. The van der Waals surface area contributed by atoms with Gasteiger partial charge in [0.15, 0.2) is 5.96 Å². The van der Waals surface area contributed by atoms with Crippen molar-refractivity contribution in [3.05, 3.63) is 59.7 Å². The molecule has 0 spiro atoms. The number of nitrogens with zero attached hydrogens (tertiary/aromatic N) is 1. The lowest BCUT2D eigenvalue weighted by Crippen LogP contribution is -2.38. The maximum Gasteiger partial charge on any atom is 0.573 e. The maximum absolute atomic E-state index is 12.5. The molecule has 2 aromatic carbocycles. The molecule has 0 unspecified atom stereocenters. The molecule has 0 saturated heterocycles. The van der Waals surface area contributed by atoms with E-state index >= 15 is 0 Å². The third-order valence-electron chi connectivity index (χ3n) is 3.85. The zero-order valence-corrected chi connectivity index (χ0v) is 16.1. The summed E-state index contributed by atoms with van der Waals surface area (Å²) in [4.78, 5) is 15.1. The minimum Gasteiger partial charge on any atom is -0.405 e. The molecular weight excluding hydrogens is 385 g/mol. The molecule has 156 valence electrons. The highest BCUT2D eigenvalue weighted by molar-refractivity contribution is 5.88. The Morgan fingerprint density at radius 3 is 2.38 bits per heavy atom. The van der Waals surface area contributed by atoms with Gasteiger partial charge in [-0.15, -0.1) is 13.2 Å². The molecule has 0 fully saturated rings. The number of carbonyl (C=O) groups is 1. The quantitative estimate of drug-likeness (QED) is 0.485. The Morgan fingerprint density at radius 1 is 1.07 bits per heavy atom. The van der Waals surface area contributed by atoms with Gasteiger partial charge in [-0.3, -0.25) is 9.79 Å². The van der Waals surface area contributed by atoms with Gasteiger partial charge in [0.2, 0.25) is 5.91 Å². The van der Waals surface area contributed by atoms with Crippen molar-refractivity contribution in [2.75, 3.05) is 18.9 Å². The molecular formula is C20H23F3N4O2. The van der Waals surface area contributed by atoms with Crippen LogP contribution in [0.3, 0.4) is 0 Å². The largest absolute Gasteiger partial charge is 0.573 e. The summed E-state index contributed by atoms with van der Waals surface area (Å²) in [6.07, 6.45) is -4.04. The Labute approximate surface area is 167 Å². The van der Waals surface area contributed by atoms with Gasteiger partial charge in [-0.05, 0) is 30.2 Å². The van der Waals surface area contributed by atoms with Crippen LogP contribution in [0.2, 0.25) is 0 Å². The van der Waals surface area contributed by atoms with Crippen LogP contribution in [-0.2, 0) is 17.8 Å². The van der Waals surface area contributed by atoms with E-state index in [0.717, 1.165) is 11.3 Å². The zero-order valence-electron chi connectivity index (χ0n) is 16.1. The lowest BCUT2D eigenvalue weighted by Gasteiger charge is -2.15. The molecule has 0 saturated carbocycles. The molecule has 0 aromatic heterocycles. The summed E-state index contributed by atoms with van der Waals surface area (Å²) < 4.78 is 41.6. The van der Waals surface area contributed by atoms with Gasteiger partial charge in [-0.1, -0.05) is 30.3 Å². The van der Waals surface area contributed by atoms with Gasteiger partial charge in [-0.25, -0.2) is 0 Å². The van der Waals surface area contributed by atoms with Crippen LogP contribution < -0.4 is 20.7 Å². The van der Waals surface area contributed by atoms with Crippen molar-refractivity contribution in [2.45, 2.75) is 26.3 Å². The van der Waals surface area contributed by atoms with Crippen molar-refractivity contribution in [1.82, 2.24) is 10.6 Å². The van der Waals surface area contributed by atoms with E-state index < -0.39 is 6.36 Å². The number of alkyl halides is 3. The Bertz CT molecular complexity index is 836. The third kappa shape index (κ3) is 8.12. The molecule has 2 aromatic rings. The van der Waals surface area contributed by atoms with Crippen LogP contribution in [-0.4, -0.2) is 31.8 Å². The van der Waals surface area contributed by atoms with E-state index in [1.54, 1.807) is 19.2 Å². The first-order valence-corrected chi connectivity index (χ1v) is 8.91. The monoisotopic (exact) mass is 408 g/mol. The number of hydrogen-bond donors (Lipinski definition) is 3. The minimum atomic E-state index is -4.74. The summed E-state index contributed by atoms with van der Waals surface area (Å²) in [5.41, 5.74) is 2.15. The number of anilines is 1. The molecule has 0 radical (unpaired) electrons. The summed E-state index contributed by atoms with van der Waals surface area (Å²) in [5.74, 6) is 0.0837. The fourth-order valence-corrected chi connectivity index (χ4v) is 2.56. The van der Waals surface area contributed by atoms with E-state index in [0.29, 0.717) is 24.5 Å². The van der Waals surface area contributed by atoms with Gasteiger partial charge in [0, 0.05) is 38.3 Å². The Balaban J connectivity index is 1.84. The average molecular weight is 408 g/mol. The predicted molar refractivity (Wildman–Crippen MR) is 106 cm³/mol. The number of para-hydroxylation sites is 1. The van der Waals surface area contributed by atoms with Gasteiger partial charge in [0.1, 0.15) is 5.75 Å². The Kier molecular flexibility index (Phi) is 7.88. The SMILES string of the molecule is CN=C(NCCc1ccc(NC(C)=O)cc1)NCc1ccccc1OC(F)(F)F. The molecule has 0 heterocycles. The van der Waals surface area contributed by atoms with Crippen LogP contribution in [0.1, 0.15) is 18.1 Å². The number of ether oxygens (including phenoxy) is 1. The molecule has 9 heteroatoms. The normalized spacial score (nSPS) is 11.7. The number of carbonyl (C=O) groups excluding carboxylic acids is 1. The molecule has 0 aliphatic rings. The first kappa shape index (κ1) is 22.1. The summed E-state index contributed by atoms with van der Waals surface area (Å²) >= 11 is 0. The van der Waals surface area contributed by atoms with Gasteiger partial charge >= 0.3 is 6.36 Å². The molecule has 0 aliphatic heterocycles. The van der Waals surface area contributed by atoms with Crippen molar-refractivity contribution in [2.24, 2.45) is 4.99 Å². The number of nitrogens with one attached hydrogen (secondary N) is 3. The smallest absolute Gasteiger partial charge is 0.405 e. The first-order chi connectivity index (χ1) is 13.8. The fourth-order valence-electron chi connectivity index (χ4n) is 2.56. The number of halogens is 3. The number of amides is 1. The van der Waals surface area contributed by atoms with Gasteiger partial charge < -0.3 is 20.7 Å². The van der Waals surface area contributed by atoms with E-state index in [1.165, 1.54) is 19.1 Å². The highest BCUT2D eigenvalue weighted by Crippen LogP contribution is 2.26. The third-order valence-corrected chi connectivity index (χ3v) is 3.85. The molecule has 0 bridgehead atoms. The highest BCUT2D eigenvalue weighted by Gasteiger charge is 2.31. The van der Waals surface area contributed by atoms with Gasteiger partial charge in [-0.2, -0.15) is 0 Å². The zero-order chi connectivity index (χ0) is 21.3. The second kappa shape index (κ2) is 10.4. The van der Waals surface area contributed by atoms with E-state index in [2.05, 4.69) is 25.7 Å². The average Bonchev–Trinajstić information content (AvgIpc) is 2.65. The van der Waals surface area contributed by atoms with Crippen LogP contribution in [0.25, 0.3) is 0 Å². The summed E-state index contributed by atoms with van der Waals surface area (Å²) in [7, 11) is 1.58. The molecule has 0 atom stereocenters. The Hall–Kier alpha value is -3.23. The summed E-state index contributed by atoms with van der Waals surface area (Å²) in [6, 6.07) is 13.4. The van der Waals surface area contributed by atoms with Crippen molar-refractivity contribution in [3.8, 4) is 5.75 Å². The number of guanidine groups is 1. The standard InChI is InChI=1S/C20H23F3N4O2/c1-14(28)27-17-9-7-15(8-10-17)11-12-25-19(24-2)26-13-16-5-3-4-6-18(16)29-20(21,22)23/h3-10H,11-13H2,1-2H3,(H,27,28)(H2,24,25,26). The van der Waals surface area contributed by atoms with E-state index in [9.17, 15) is 18.0 Å². The van der Waals surface area contributed by atoms with Crippen LogP contribution >= 0.6 is 0 Å². The number of hydrogen-bond acceptors (Lipinski definition) is 3. The molecule has 3 N–H and O–H groups in total. The number of rotatable bonds is 7. The second-order valence-corrected chi connectivity index (χ2v) is 6.14. The van der Waals surface area contributed by atoms with Crippen molar-refractivity contribution < 1.29 is 22.7 Å². The van der Waals surface area contributed by atoms with Crippen molar-refractivity contribution in [1.29, 1.82) is 0 Å². The molecule has 6 nitrogen and oxygen atoms in total. The van der Waals surface area contributed by atoms with Crippen LogP contribution in [0.5, 0.6) is 5.75 Å². The van der Waals surface area contributed by atoms with Crippen LogP contribution in [0.4, 0.5) is 18.9 Å². The van der Waals surface area contributed by atoms with Crippen LogP contribution in [0.15, 0.2) is 53.5 Å². The van der Waals surface area contributed by atoms with Gasteiger partial charge in [0.25, 0.3) is 0 Å². The van der Waals surface area contributed by atoms with Crippen molar-refractivity contribution >= 4 is 17.6 Å². The van der Waals surface area contributed by atoms with E-state index in [4.69, 9.17) is 0 Å². The molecule has 0 aliphatic carbocycles. The fraction of sp³-hybridized carbons (Fsp3) is 0.300. The van der Waals surface area contributed by atoms with Gasteiger partial charge in [0.05, 0.1) is 0 Å². The van der Waals surface area contributed by atoms with Crippen molar-refractivity contribution in [3.63, 3.8) is 0 Å². The van der Waals surface area contributed by atoms with E-state index in [-0.39, 0.29) is 18.2 Å². The lowest BCUT2D eigenvalue weighted by molar-refractivity contribution is -0.274. The molecule has 29 heavy (non-hydrogen) atoms. The second-order valence-electron chi connectivity index (χ2n) is 6.14. The first-order valence-electron chi connectivity index (χ1n) is 8.91. The molecule has 2 rings (SSSR count). The van der Waals surface area contributed by atoms with E-state index in [1.807, 2.05) is 24.3 Å². The molecule has 1 amide bonds. The van der Waals surface area contributed by atoms with Crippen LogP contribution in [0, 0.1) is 0 Å². The summed E-state index contributed by atoms with van der Waals surface area (Å²) in [6.45, 7) is 2.14. The maximum atomic E-state index is 12.5. The number of benzene rings is 2. The lowest BCUT2D eigenvalue weighted by atomic mass is 10.1. The summed E-state index contributed by atoms with van der Waals surface area (Å²) in [5, 5.41) is 8.78. The highest BCUT2D eigenvalue weighted by atomic mass is 19.4. The predicted octanol–water partition coefficient (Wildman–Crippen LogP) is 3.45. The topological polar surface area (TPSA) is 74.8 Å². The minimum absolute atomic E-state index is 0.122.